The summed E-state index contributed by atoms with van der Waals surface area (Å²) in [5, 5.41) is 0. The Kier molecular flexibility index (Phi) is 10.2. The van der Waals surface area contributed by atoms with Crippen LogP contribution in [0.5, 0.6) is 11.5 Å². The Morgan fingerprint density at radius 1 is 0.714 bits per heavy atom. The minimum atomic E-state index is 0.182. The average molecular weight is 383 g/mol. The molecule has 0 amide bonds. The van der Waals surface area contributed by atoms with Gasteiger partial charge >= 0.3 is 0 Å². The quantitative estimate of drug-likeness (QED) is 0.271. The molecule has 3 nitrogen and oxygen atoms in total. The molecule has 152 valence electrons. The first-order valence-electron chi connectivity index (χ1n) is 10.5. The van der Waals surface area contributed by atoms with Crippen LogP contribution in [0.15, 0.2) is 48.5 Å². The molecule has 0 fully saturated rings. The van der Waals surface area contributed by atoms with Crippen LogP contribution in [0.1, 0.15) is 73.7 Å². The summed E-state index contributed by atoms with van der Waals surface area (Å²) >= 11 is 0. The predicted molar refractivity (Wildman–Crippen MR) is 116 cm³/mol. The third-order valence-corrected chi connectivity index (χ3v) is 5.17. The van der Waals surface area contributed by atoms with E-state index in [0.29, 0.717) is 23.5 Å². The zero-order valence-electron chi connectivity index (χ0n) is 17.4. The van der Waals surface area contributed by atoms with Crippen molar-refractivity contribution in [2.75, 3.05) is 14.2 Å². The molecule has 0 saturated carbocycles. The van der Waals surface area contributed by atoms with Crippen molar-refractivity contribution in [3.05, 3.63) is 59.7 Å². The Bertz CT molecular complexity index is 694. The van der Waals surface area contributed by atoms with Gasteiger partial charge in [-0.25, -0.2) is 0 Å². The molecule has 0 unspecified atom stereocenters. The number of hydrogen-bond donors (Lipinski definition) is 0. The fourth-order valence-corrected chi connectivity index (χ4v) is 3.47. The van der Waals surface area contributed by atoms with Crippen LogP contribution in [0.3, 0.4) is 0 Å². The van der Waals surface area contributed by atoms with E-state index in [9.17, 15) is 4.79 Å². The molecule has 3 heteroatoms. The van der Waals surface area contributed by atoms with E-state index in [1.807, 2.05) is 6.07 Å². The molecule has 2 rings (SSSR count). The first kappa shape index (κ1) is 22.0. The predicted octanol–water partition coefficient (Wildman–Crippen LogP) is 6.64. The lowest BCUT2D eigenvalue weighted by atomic mass is 10.0. The highest BCUT2D eigenvalue weighted by Gasteiger charge is 2.10. The molecule has 0 N–H and O–H groups in total. The van der Waals surface area contributed by atoms with Crippen LogP contribution >= 0.6 is 0 Å². The van der Waals surface area contributed by atoms with Crippen molar-refractivity contribution in [3.8, 4) is 11.5 Å². The van der Waals surface area contributed by atoms with Gasteiger partial charge in [0.25, 0.3) is 0 Å². The van der Waals surface area contributed by atoms with E-state index in [-0.39, 0.29) is 5.78 Å². The van der Waals surface area contributed by atoms with Gasteiger partial charge in [0.1, 0.15) is 0 Å². The minimum Gasteiger partial charge on any atom is -0.493 e. The van der Waals surface area contributed by atoms with E-state index < -0.39 is 0 Å². The standard InChI is InChI=1S/C25H34O3/c1-27-24-19-18-22(20-25(24)28-2)23(26)17-13-8-6-4-3-5-7-10-14-21-15-11-9-12-16-21/h9,11-12,15-16,18-20H,3-8,10,13-14,17H2,1-2H3. The number of Topliss-reactive ketones (excluding diaryl/α,β-unsaturated/α-hetero) is 1. The van der Waals surface area contributed by atoms with Gasteiger partial charge in [0.05, 0.1) is 14.2 Å². The maximum Gasteiger partial charge on any atom is 0.163 e. The van der Waals surface area contributed by atoms with E-state index >= 15 is 0 Å². The Hall–Kier alpha value is -2.29. The number of ether oxygens (including phenoxy) is 2. The SMILES string of the molecule is COc1ccc(C(=O)CCCCCCCCCCc2ccccc2)cc1OC. The van der Waals surface area contributed by atoms with E-state index in [2.05, 4.69) is 30.3 Å². The highest BCUT2D eigenvalue weighted by Crippen LogP contribution is 2.28. The molecular formula is C25H34O3. The van der Waals surface area contributed by atoms with Gasteiger partial charge in [0.15, 0.2) is 17.3 Å². The van der Waals surface area contributed by atoms with Crippen molar-refractivity contribution >= 4 is 5.78 Å². The molecule has 0 aliphatic heterocycles. The average Bonchev–Trinajstić information content (AvgIpc) is 2.75. The van der Waals surface area contributed by atoms with Gasteiger partial charge in [0.2, 0.25) is 0 Å². The van der Waals surface area contributed by atoms with E-state index in [0.717, 1.165) is 12.8 Å². The van der Waals surface area contributed by atoms with Gasteiger partial charge in [-0.05, 0) is 43.0 Å². The van der Waals surface area contributed by atoms with Crippen LogP contribution in [0, 0.1) is 0 Å². The molecule has 0 saturated heterocycles. The number of ketones is 1. The van der Waals surface area contributed by atoms with Crippen LogP contribution in [-0.2, 0) is 6.42 Å². The number of unbranched alkanes of at least 4 members (excludes halogenated alkanes) is 7. The first-order chi connectivity index (χ1) is 13.7. The summed E-state index contributed by atoms with van der Waals surface area (Å²) in [6.45, 7) is 0. The number of methoxy groups -OCH3 is 2. The molecule has 0 radical (unpaired) electrons. The maximum atomic E-state index is 12.3. The summed E-state index contributed by atoms with van der Waals surface area (Å²) < 4.78 is 10.5. The molecule has 28 heavy (non-hydrogen) atoms. The number of carbonyl (C=O) groups is 1. The molecule has 0 spiro atoms. The fraction of sp³-hybridized carbons (Fsp3) is 0.480. The number of hydrogen-bond acceptors (Lipinski definition) is 3. The summed E-state index contributed by atoms with van der Waals surface area (Å²) in [5.41, 5.74) is 2.15. The van der Waals surface area contributed by atoms with Gasteiger partial charge in [-0.3, -0.25) is 4.79 Å². The molecule has 0 heterocycles. The lowest BCUT2D eigenvalue weighted by molar-refractivity contribution is 0.0978. The van der Waals surface area contributed by atoms with Crippen molar-refractivity contribution in [2.45, 2.75) is 64.2 Å². The number of rotatable bonds is 14. The fourth-order valence-electron chi connectivity index (χ4n) is 3.47. The number of aryl methyl sites for hydroxylation is 1. The maximum absolute atomic E-state index is 12.3. The van der Waals surface area contributed by atoms with Crippen LogP contribution in [0.4, 0.5) is 0 Å². The van der Waals surface area contributed by atoms with Crippen molar-refractivity contribution in [1.29, 1.82) is 0 Å². The van der Waals surface area contributed by atoms with E-state index in [4.69, 9.17) is 9.47 Å². The third-order valence-electron chi connectivity index (χ3n) is 5.17. The summed E-state index contributed by atoms with van der Waals surface area (Å²) in [6, 6.07) is 16.1. The minimum absolute atomic E-state index is 0.182. The Balaban J connectivity index is 1.50. The van der Waals surface area contributed by atoms with Gasteiger partial charge in [-0.15, -0.1) is 0 Å². The second-order valence-corrected chi connectivity index (χ2v) is 7.31. The van der Waals surface area contributed by atoms with E-state index in [1.54, 1.807) is 26.4 Å². The van der Waals surface area contributed by atoms with Crippen LogP contribution < -0.4 is 9.47 Å². The van der Waals surface area contributed by atoms with E-state index in [1.165, 1.54) is 50.5 Å². The van der Waals surface area contributed by atoms with Crippen molar-refractivity contribution in [1.82, 2.24) is 0 Å². The zero-order chi connectivity index (χ0) is 20.0. The molecule has 2 aromatic rings. The van der Waals surface area contributed by atoms with Crippen molar-refractivity contribution in [3.63, 3.8) is 0 Å². The lowest BCUT2D eigenvalue weighted by Gasteiger charge is -2.09. The van der Waals surface area contributed by atoms with Crippen LogP contribution in [0.25, 0.3) is 0 Å². The van der Waals surface area contributed by atoms with Gasteiger partial charge in [-0.1, -0.05) is 68.9 Å². The lowest BCUT2D eigenvalue weighted by Crippen LogP contribution is -2.00. The summed E-state index contributed by atoms with van der Waals surface area (Å²) in [5.74, 6) is 1.45. The smallest absolute Gasteiger partial charge is 0.163 e. The molecule has 0 bridgehead atoms. The Morgan fingerprint density at radius 2 is 1.32 bits per heavy atom. The largest absolute Gasteiger partial charge is 0.493 e. The monoisotopic (exact) mass is 382 g/mol. The third kappa shape index (κ3) is 7.75. The van der Waals surface area contributed by atoms with Crippen molar-refractivity contribution in [2.24, 2.45) is 0 Å². The van der Waals surface area contributed by atoms with Crippen LogP contribution in [0.2, 0.25) is 0 Å². The molecule has 0 aliphatic carbocycles. The molecule has 2 aromatic carbocycles. The molecule has 0 atom stereocenters. The van der Waals surface area contributed by atoms with Gasteiger partial charge < -0.3 is 9.47 Å². The van der Waals surface area contributed by atoms with Gasteiger partial charge in [0, 0.05) is 12.0 Å². The zero-order valence-corrected chi connectivity index (χ0v) is 17.4. The number of benzene rings is 2. The summed E-state index contributed by atoms with van der Waals surface area (Å²) in [7, 11) is 3.19. The first-order valence-corrected chi connectivity index (χ1v) is 10.5. The summed E-state index contributed by atoms with van der Waals surface area (Å²) in [6.07, 6.45) is 11.6. The Morgan fingerprint density at radius 3 is 1.96 bits per heavy atom. The molecular weight excluding hydrogens is 348 g/mol. The molecule has 0 aliphatic rings. The summed E-state index contributed by atoms with van der Waals surface area (Å²) in [4.78, 5) is 12.3. The van der Waals surface area contributed by atoms with Crippen molar-refractivity contribution < 1.29 is 14.3 Å². The van der Waals surface area contributed by atoms with Gasteiger partial charge in [-0.2, -0.15) is 0 Å². The Labute approximate surface area is 170 Å². The normalized spacial score (nSPS) is 10.6. The second kappa shape index (κ2) is 13.0. The topological polar surface area (TPSA) is 35.5 Å². The second-order valence-electron chi connectivity index (χ2n) is 7.31. The number of carbonyl (C=O) groups excluding carboxylic acids is 1. The van der Waals surface area contributed by atoms with Crippen LogP contribution in [-0.4, -0.2) is 20.0 Å². The highest BCUT2D eigenvalue weighted by atomic mass is 16.5. The highest BCUT2D eigenvalue weighted by molar-refractivity contribution is 5.96. The molecule has 0 aromatic heterocycles.